The molecule has 0 bridgehead atoms. The van der Waals surface area contributed by atoms with E-state index in [0.29, 0.717) is 31.3 Å². The Morgan fingerprint density at radius 1 is 1.19 bits per heavy atom. The lowest BCUT2D eigenvalue weighted by Crippen LogP contribution is -2.45. The maximum Gasteiger partial charge on any atom is 0.227 e. The van der Waals surface area contributed by atoms with Gasteiger partial charge in [0.15, 0.2) is 0 Å². The maximum atomic E-state index is 12.9. The quantitative estimate of drug-likeness (QED) is 0.747. The summed E-state index contributed by atoms with van der Waals surface area (Å²) < 4.78 is 5.50. The van der Waals surface area contributed by atoms with Gasteiger partial charge in [-0.05, 0) is 30.7 Å². The lowest BCUT2D eigenvalue weighted by atomic mass is 10.0. The molecule has 2 aromatic carbocycles. The molecule has 2 unspecified atom stereocenters. The zero-order valence-electron chi connectivity index (χ0n) is 17.7. The fourth-order valence-electron chi connectivity index (χ4n) is 4.25. The van der Waals surface area contributed by atoms with Crippen LogP contribution >= 0.6 is 11.6 Å². The Kier molecular flexibility index (Phi) is 6.90. The van der Waals surface area contributed by atoms with Crippen LogP contribution in [0, 0.1) is 12.8 Å². The Labute approximate surface area is 188 Å². The average molecular weight is 442 g/mol. The summed E-state index contributed by atoms with van der Waals surface area (Å²) in [6, 6.07) is 15.7. The predicted octanol–water partition coefficient (Wildman–Crippen LogP) is 3.19. The Balaban J connectivity index is 1.41. The normalized spacial score (nSPS) is 20.6. The number of hydrogen-bond acceptors (Lipinski definition) is 4. The molecule has 2 fully saturated rings. The third kappa shape index (κ3) is 5.26. The minimum absolute atomic E-state index is 0.0503. The summed E-state index contributed by atoms with van der Waals surface area (Å²) >= 11 is 6.07. The van der Waals surface area contributed by atoms with Gasteiger partial charge in [-0.3, -0.25) is 14.5 Å². The van der Waals surface area contributed by atoms with Crippen molar-refractivity contribution in [2.75, 3.05) is 44.3 Å². The zero-order valence-corrected chi connectivity index (χ0v) is 18.5. The Bertz CT molecular complexity index is 928. The smallest absolute Gasteiger partial charge is 0.227 e. The molecule has 4 rings (SSSR count). The van der Waals surface area contributed by atoms with E-state index in [1.54, 1.807) is 17.0 Å². The van der Waals surface area contributed by atoms with Crippen molar-refractivity contribution in [3.63, 3.8) is 0 Å². The van der Waals surface area contributed by atoms with E-state index in [9.17, 15) is 9.59 Å². The molecule has 2 aromatic rings. The number of ether oxygens (including phenoxy) is 1. The summed E-state index contributed by atoms with van der Waals surface area (Å²) in [5.41, 5.74) is 3.12. The van der Waals surface area contributed by atoms with Gasteiger partial charge in [0.25, 0.3) is 0 Å². The number of amides is 2. The number of aryl methyl sites for hydroxylation is 1. The lowest BCUT2D eigenvalue weighted by molar-refractivity contribution is -0.126. The van der Waals surface area contributed by atoms with Gasteiger partial charge in [-0.25, -0.2) is 0 Å². The summed E-state index contributed by atoms with van der Waals surface area (Å²) in [4.78, 5) is 29.5. The molecule has 0 spiro atoms. The Morgan fingerprint density at radius 2 is 1.94 bits per heavy atom. The van der Waals surface area contributed by atoms with E-state index in [0.717, 1.165) is 18.8 Å². The van der Waals surface area contributed by atoms with Crippen molar-refractivity contribution in [3.05, 3.63) is 64.7 Å². The van der Waals surface area contributed by atoms with E-state index >= 15 is 0 Å². The van der Waals surface area contributed by atoms with Gasteiger partial charge in [-0.1, -0.05) is 47.5 Å². The topological polar surface area (TPSA) is 61.9 Å². The highest BCUT2D eigenvalue weighted by molar-refractivity contribution is 6.31. The van der Waals surface area contributed by atoms with Crippen molar-refractivity contribution in [2.24, 2.45) is 5.92 Å². The van der Waals surface area contributed by atoms with E-state index in [-0.39, 0.29) is 30.2 Å². The first-order valence-electron chi connectivity index (χ1n) is 10.7. The van der Waals surface area contributed by atoms with Crippen LogP contribution in [0.5, 0.6) is 0 Å². The van der Waals surface area contributed by atoms with Crippen LogP contribution in [0.4, 0.5) is 5.69 Å². The van der Waals surface area contributed by atoms with Crippen LogP contribution < -0.4 is 10.2 Å². The number of rotatable bonds is 6. The largest absolute Gasteiger partial charge is 0.379 e. The molecule has 2 aliphatic heterocycles. The van der Waals surface area contributed by atoms with Crippen LogP contribution in [-0.2, 0) is 14.3 Å². The molecular formula is C24H28ClN3O3. The van der Waals surface area contributed by atoms with Crippen LogP contribution in [0.15, 0.2) is 48.5 Å². The first kappa shape index (κ1) is 21.8. The summed E-state index contributed by atoms with van der Waals surface area (Å²) in [6.07, 6.45) is 0.213. The molecule has 2 amide bonds. The molecule has 164 valence electrons. The van der Waals surface area contributed by atoms with Gasteiger partial charge in [-0.15, -0.1) is 0 Å². The first-order valence-corrected chi connectivity index (χ1v) is 11.1. The summed E-state index contributed by atoms with van der Waals surface area (Å²) in [5, 5.41) is 3.69. The monoisotopic (exact) mass is 441 g/mol. The minimum Gasteiger partial charge on any atom is -0.379 e. The van der Waals surface area contributed by atoms with E-state index < -0.39 is 0 Å². The number of hydrogen-bond donors (Lipinski definition) is 1. The van der Waals surface area contributed by atoms with Crippen LogP contribution in [0.1, 0.15) is 23.6 Å². The second-order valence-corrected chi connectivity index (χ2v) is 8.64. The highest BCUT2D eigenvalue weighted by Gasteiger charge is 2.35. The number of morpholine rings is 1. The highest BCUT2D eigenvalue weighted by Crippen LogP contribution is 2.28. The molecule has 0 aliphatic carbocycles. The van der Waals surface area contributed by atoms with E-state index in [2.05, 4.69) is 41.4 Å². The fraction of sp³-hybridized carbons (Fsp3) is 0.417. The van der Waals surface area contributed by atoms with Gasteiger partial charge in [-0.2, -0.15) is 0 Å². The fourth-order valence-corrected chi connectivity index (χ4v) is 4.44. The van der Waals surface area contributed by atoms with Crippen molar-refractivity contribution >= 4 is 29.1 Å². The summed E-state index contributed by atoms with van der Waals surface area (Å²) in [6.45, 7) is 6.00. The summed E-state index contributed by atoms with van der Waals surface area (Å²) in [7, 11) is 0. The molecular weight excluding hydrogens is 414 g/mol. The minimum atomic E-state index is -0.366. The maximum absolute atomic E-state index is 12.9. The van der Waals surface area contributed by atoms with E-state index in [1.165, 1.54) is 11.1 Å². The standard InChI is InChI=1S/C24H28ClN3O3/c1-17-5-7-18(8-6-17)22(27-9-11-31-12-10-27)15-26-24(30)19-13-23(29)28(16-19)21-4-2-3-20(25)14-21/h2-8,14,19,22H,9-13,15-16H2,1H3,(H,26,30). The number of benzene rings is 2. The molecule has 0 radical (unpaired) electrons. The van der Waals surface area contributed by atoms with Crippen LogP contribution in [0.25, 0.3) is 0 Å². The van der Waals surface area contributed by atoms with Gasteiger partial charge in [0, 0.05) is 43.3 Å². The molecule has 0 aromatic heterocycles. The van der Waals surface area contributed by atoms with Crippen molar-refractivity contribution in [2.45, 2.75) is 19.4 Å². The second kappa shape index (κ2) is 9.81. The molecule has 2 aliphatic rings. The second-order valence-electron chi connectivity index (χ2n) is 8.21. The molecule has 2 saturated heterocycles. The Hall–Kier alpha value is -2.41. The van der Waals surface area contributed by atoms with Crippen molar-refractivity contribution in [1.82, 2.24) is 10.2 Å². The van der Waals surface area contributed by atoms with Crippen molar-refractivity contribution < 1.29 is 14.3 Å². The molecule has 6 nitrogen and oxygen atoms in total. The Morgan fingerprint density at radius 3 is 2.65 bits per heavy atom. The van der Waals surface area contributed by atoms with Gasteiger partial charge in [0.1, 0.15) is 0 Å². The van der Waals surface area contributed by atoms with Gasteiger partial charge in [0.2, 0.25) is 11.8 Å². The highest BCUT2D eigenvalue weighted by atomic mass is 35.5. The molecule has 31 heavy (non-hydrogen) atoms. The zero-order chi connectivity index (χ0) is 21.8. The van der Waals surface area contributed by atoms with Crippen LogP contribution in [0.2, 0.25) is 5.02 Å². The van der Waals surface area contributed by atoms with Gasteiger partial charge < -0.3 is 15.0 Å². The van der Waals surface area contributed by atoms with E-state index in [4.69, 9.17) is 16.3 Å². The lowest BCUT2D eigenvalue weighted by Gasteiger charge is -2.35. The number of anilines is 1. The third-order valence-corrected chi connectivity index (χ3v) is 6.27. The van der Waals surface area contributed by atoms with Crippen LogP contribution in [0.3, 0.4) is 0 Å². The van der Waals surface area contributed by atoms with Gasteiger partial charge >= 0.3 is 0 Å². The third-order valence-electron chi connectivity index (χ3n) is 6.03. The molecule has 0 saturated carbocycles. The SMILES string of the molecule is Cc1ccc(C(CNC(=O)C2CC(=O)N(c3cccc(Cl)c3)C2)N2CCOCC2)cc1. The number of carbonyl (C=O) groups excluding carboxylic acids is 2. The number of nitrogens with one attached hydrogen (secondary N) is 1. The van der Waals surface area contributed by atoms with Crippen molar-refractivity contribution in [3.8, 4) is 0 Å². The van der Waals surface area contributed by atoms with E-state index in [1.807, 2.05) is 12.1 Å². The average Bonchev–Trinajstić information content (AvgIpc) is 3.17. The van der Waals surface area contributed by atoms with Crippen molar-refractivity contribution in [1.29, 1.82) is 0 Å². The summed E-state index contributed by atoms with van der Waals surface area (Å²) in [5.74, 6) is -0.497. The molecule has 1 N–H and O–H groups in total. The molecule has 2 heterocycles. The molecule has 7 heteroatoms. The number of carbonyl (C=O) groups is 2. The molecule has 2 atom stereocenters. The van der Waals surface area contributed by atoms with Gasteiger partial charge in [0.05, 0.1) is 25.2 Å². The van der Waals surface area contributed by atoms with Crippen LogP contribution in [-0.4, -0.2) is 56.1 Å². The first-order chi connectivity index (χ1) is 15.0. The number of nitrogens with zero attached hydrogens (tertiary/aromatic N) is 2. The number of halogens is 1. The predicted molar refractivity (Wildman–Crippen MR) is 121 cm³/mol.